The van der Waals surface area contributed by atoms with Crippen molar-refractivity contribution in [2.45, 2.75) is 14.8 Å². The minimum absolute atomic E-state index is 0.211. The van der Waals surface area contributed by atoms with Crippen LogP contribution in [0.15, 0.2) is 24.3 Å². The molecule has 0 atom stereocenters. The number of carbonyl (C=O) groups excluding carboxylic acids is 2. The van der Waals surface area contributed by atoms with Gasteiger partial charge in [0.15, 0.2) is 0 Å². The Kier molecular flexibility index (Phi) is 6.84. The van der Waals surface area contributed by atoms with Gasteiger partial charge in [-0.05, 0) is 0 Å². The number of anilines is 1. The molecule has 1 aromatic rings. The van der Waals surface area contributed by atoms with Crippen LogP contribution >= 0.6 is 34.8 Å². The zero-order chi connectivity index (χ0) is 16.2. The van der Waals surface area contributed by atoms with Crippen molar-refractivity contribution < 1.29 is 12.7 Å². The van der Waals surface area contributed by atoms with E-state index < -0.39 is 30.7 Å². The van der Waals surface area contributed by atoms with Crippen molar-refractivity contribution in [1.82, 2.24) is 0 Å². The van der Waals surface area contributed by atoms with Crippen molar-refractivity contribution in [3.8, 4) is 0 Å². The van der Waals surface area contributed by atoms with E-state index in [0.29, 0.717) is 5.02 Å². The fraction of sp³-hybridized carbons (Fsp3) is 0.231. The number of rotatable bonds is 4. The SMILES string of the molecule is [CH3][Sn]([CH3])([CH3])[O]C(=O)/C=C/C(=O)Nc1c(Cl)cc(Cl)cc1Cl. The number of halogens is 3. The number of benzene rings is 1. The van der Waals surface area contributed by atoms with E-state index in [1.807, 2.05) is 14.8 Å². The number of hydrogen-bond donors (Lipinski definition) is 1. The molecule has 0 saturated heterocycles. The molecule has 0 heterocycles. The van der Waals surface area contributed by atoms with Crippen molar-refractivity contribution in [2.75, 3.05) is 5.32 Å². The molecule has 21 heavy (non-hydrogen) atoms. The average molecular weight is 457 g/mol. The van der Waals surface area contributed by atoms with Crippen LogP contribution in [0.1, 0.15) is 0 Å². The quantitative estimate of drug-likeness (QED) is 0.535. The topological polar surface area (TPSA) is 55.4 Å². The second kappa shape index (κ2) is 7.72. The molecule has 8 heteroatoms. The molecule has 0 radical (unpaired) electrons. The first-order valence-corrected chi connectivity index (χ1v) is 16.8. The first-order valence-electron chi connectivity index (χ1n) is 5.95. The van der Waals surface area contributed by atoms with E-state index in [1.54, 1.807) is 0 Å². The third kappa shape index (κ3) is 6.91. The van der Waals surface area contributed by atoms with Crippen molar-refractivity contribution >= 4 is 71.2 Å². The standard InChI is InChI=1S/C10H6Cl3NO3.3CH3.Sn/c11-5-3-6(12)10(7(13)4-5)14-8(15)1-2-9(16)17;;;;/h1-4H,(H,14,15)(H,16,17);3*1H3;/q;;;;+1/p-1/b2-1+;;;;. The minimum atomic E-state index is -2.67. The number of nitrogens with one attached hydrogen (secondary N) is 1. The van der Waals surface area contributed by atoms with Gasteiger partial charge in [-0.1, -0.05) is 0 Å². The molecule has 0 saturated carbocycles. The van der Waals surface area contributed by atoms with Gasteiger partial charge in [-0.2, -0.15) is 0 Å². The first kappa shape index (κ1) is 18.6. The van der Waals surface area contributed by atoms with Gasteiger partial charge in [0.2, 0.25) is 0 Å². The van der Waals surface area contributed by atoms with Crippen LogP contribution in [0.5, 0.6) is 0 Å². The van der Waals surface area contributed by atoms with Crippen LogP contribution in [0.25, 0.3) is 0 Å². The van der Waals surface area contributed by atoms with Gasteiger partial charge in [0.05, 0.1) is 0 Å². The third-order valence-electron chi connectivity index (χ3n) is 2.03. The van der Waals surface area contributed by atoms with E-state index in [9.17, 15) is 9.59 Å². The number of amides is 1. The van der Waals surface area contributed by atoms with E-state index >= 15 is 0 Å². The molecule has 0 spiro atoms. The third-order valence-corrected chi connectivity index (χ3v) is 5.17. The predicted octanol–water partition coefficient (Wildman–Crippen LogP) is 4.52. The molecule has 1 aromatic carbocycles. The van der Waals surface area contributed by atoms with Crippen LogP contribution in [0.3, 0.4) is 0 Å². The molecule has 1 amide bonds. The zero-order valence-corrected chi connectivity index (χ0v) is 16.8. The monoisotopic (exact) mass is 457 g/mol. The van der Waals surface area contributed by atoms with Crippen LogP contribution in [0, 0.1) is 0 Å². The van der Waals surface area contributed by atoms with Gasteiger partial charge in [-0.15, -0.1) is 0 Å². The molecule has 0 bridgehead atoms. The molecule has 0 fully saturated rings. The van der Waals surface area contributed by atoms with E-state index in [4.69, 9.17) is 37.9 Å². The molecule has 114 valence electrons. The summed E-state index contributed by atoms with van der Waals surface area (Å²) in [5, 5.41) is 3.27. The summed E-state index contributed by atoms with van der Waals surface area (Å²) in [6.07, 6.45) is 2.15. The van der Waals surface area contributed by atoms with Crippen LogP contribution in [0.2, 0.25) is 29.9 Å². The fourth-order valence-electron chi connectivity index (χ4n) is 1.31. The van der Waals surface area contributed by atoms with E-state index in [0.717, 1.165) is 12.2 Å². The van der Waals surface area contributed by atoms with E-state index in [-0.39, 0.29) is 15.7 Å². The summed E-state index contributed by atoms with van der Waals surface area (Å²) in [5.74, 6) is -1.07. The summed E-state index contributed by atoms with van der Waals surface area (Å²) in [4.78, 5) is 29.0. The zero-order valence-electron chi connectivity index (χ0n) is 11.7. The maximum atomic E-state index is 11.7. The summed E-state index contributed by atoms with van der Waals surface area (Å²) in [7, 11) is 0. The Balaban J connectivity index is 2.73. The van der Waals surface area contributed by atoms with Crippen LogP contribution in [-0.2, 0) is 12.7 Å². The molecule has 4 nitrogen and oxygen atoms in total. The fourth-order valence-corrected chi connectivity index (χ4v) is 4.13. The molecule has 1 rings (SSSR count). The molecule has 1 N–H and O–H groups in total. The second-order valence-electron chi connectivity index (χ2n) is 5.10. The second-order valence-corrected chi connectivity index (χ2v) is 19.0. The predicted molar refractivity (Wildman–Crippen MR) is 88.7 cm³/mol. The summed E-state index contributed by atoms with van der Waals surface area (Å²) in [6, 6.07) is 2.91. The van der Waals surface area contributed by atoms with E-state index in [1.165, 1.54) is 12.1 Å². The molecule has 0 aromatic heterocycles. The number of carbonyl (C=O) groups is 2. The molecule has 0 aliphatic heterocycles. The van der Waals surface area contributed by atoms with Gasteiger partial charge in [-0.3, -0.25) is 0 Å². The molecular weight excluding hydrogens is 443 g/mol. The Morgan fingerprint density at radius 1 is 1.10 bits per heavy atom. The first-order chi connectivity index (χ1) is 9.58. The summed E-state index contributed by atoms with van der Waals surface area (Å²) >= 11 is 15.0. The normalized spacial score (nSPS) is 11.5. The molecule has 0 unspecified atom stereocenters. The van der Waals surface area contributed by atoms with Gasteiger partial charge < -0.3 is 0 Å². The average Bonchev–Trinajstić information content (AvgIpc) is 2.29. The Hall–Kier alpha value is -0.431. The summed E-state index contributed by atoms with van der Waals surface area (Å²) in [6.45, 7) is 0. The van der Waals surface area contributed by atoms with Crippen LogP contribution in [0.4, 0.5) is 5.69 Å². The van der Waals surface area contributed by atoms with E-state index in [2.05, 4.69) is 5.32 Å². The van der Waals surface area contributed by atoms with Crippen molar-refractivity contribution in [1.29, 1.82) is 0 Å². The Morgan fingerprint density at radius 2 is 1.62 bits per heavy atom. The number of hydrogen-bond acceptors (Lipinski definition) is 3. The Labute approximate surface area is 142 Å². The van der Waals surface area contributed by atoms with Crippen molar-refractivity contribution in [2.24, 2.45) is 0 Å². The van der Waals surface area contributed by atoms with Gasteiger partial charge in [-0.25, -0.2) is 0 Å². The molecule has 0 aliphatic rings. The Bertz CT molecular complexity index is 574. The maximum absolute atomic E-state index is 11.7. The van der Waals surface area contributed by atoms with Gasteiger partial charge >= 0.3 is 143 Å². The van der Waals surface area contributed by atoms with Crippen LogP contribution < -0.4 is 5.32 Å². The van der Waals surface area contributed by atoms with Gasteiger partial charge in [0.25, 0.3) is 0 Å². The van der Waals surface area contributed by atoms with Gasteiger partial charge in [0, 0.05) is 0 Å². The van der Waals surface area contributed by atoms with Gasteiger partial charge in [0.1, 0.15) is 0 Å². The van der Waals surface area contributed by atoms with Crippen LogP contribution in [-0.4, -0.2) is 30.7 Å². The molecule has 0 aliphatic carbocycles. The van der Waals surface area contributed by atoms with Crippen molar-refractivity contribution in [3.63, 3.8) is 0 Å². The summed E-state index contributed by atoms with van der Waals surface area (Å²) < 4.78 is 5.24. The van der Waals surface area contributed by atoms with Crippen molar-refractivity contribution in [3.05, 3.63) is 39.4 Å². The Morgan fingerprint density at radius 3 is 2.10 bits per heavy atom. The summed E-state index contributed by atoms with van der Waals surface area (Å²) in [5.41, 5.74) is 0.237. The molecular formula is C13H14Cl3NO3Sn.